The number of nitrogens with two attached hydrogens (primary N) is 1. The Kier molecular flexibility index (Phi) is 4.55. The van der Waals surface area contributed by atoms with Crippen molar-refractivity contribution >= 4 is 0 Å². The standard InChI is InChI=1S/C14H20FNO2/c1-2-12(16)6-10-5-11(15)8-14(7-10)18-13-3-4-17-9-13/h5,7-8,12-13H,2-4,6,9,16H2,1H3. The maximum atomic E-state index is 13.5. The van der Waals surface area contributed by atoms with E-state index in [2.05, 4.69) is 0 Å². The Morgan fingerprint density at radius 3 is 3.00 bits per heavy atom. The first-order chi connectivity index (χ1) is 8.67. The van der Waals surface area contributed by atoms with E-state index in [9.17, 15) is 4.39 Å². The van der Waals surface area contributed by atoms with Crippen molar-refractivity contribution in [2.45, 2.75) is 38.3 Å². The maximum Gasteiger partial charge on any atom is 0.127 e. The highest BCUT2D eigenvalue weighted by molar-refractivity contribution is 5.30. The van der Waals surface area contributed by atoms with Crippen LogP contribution in [0.5, 0.6) is 5.75 Å². The summed E-state index contributed by atoms with van der Waals surface area (Å²) < 4.78 is 24.4. The van der Waals surface area contributed by atoms with Crippen molar-refractivity contribution < 1.29 is 13.9 Å². The minimum Gasteiger partial charge on any atom is -0.488 e. The first kappa shape index (κ1) is 13.3. The summed E-state index contributed by atoms with van der Waals surface area (Å²) in [5, 5.41) is 0. The molecule has 1 aromatic carbocycles. The molecular formula is C14H20FNO2. The Morgan fingerprint density at radius 2 is 2.33 bits per heavy atom. The van der Waals surface area contributed by atoms with Gasteiger partial charge in [0, 0.05) is 18.5 Å². The molecule has 18 heavy (non-hydrogen) atoms. The Labute approximate surface area is 107 Å². The molecule has 4 heteroatoms. The molecule has 1 aliphatic heterocycles. The fraction of sp³-hybridized carbons (Fsp3) is 0.571. The predicted octanol–water partition coefficient (Wildman–Crippen LogP) is 2.27. The third-order valence-electron chi connectivity index (χ3n) is 3.14. The van der Waals surface area contributed by atoms with E-state index >= 15 is 0 Å². The molecule has 0 amide bonds. The molecule has 0 aliphatic carbocycles. The average molecular weight is 253 g/mol. The van der Waals surface area contributed by atoms with Crippen LogP contribution in [-0.4, -0.2) is 25.4 Å². The van der Waals surface area contributed by atoms with E-state index in [0.717, 1.165) is 18.4 Å². The van der Waals surface area contributed by atoms with Crippen LogP contribution in [0.15, 0.2) is 18.2 Å². The summed E-state index contributed by atoms with van der Waals surface area (Å²) in [6.45, 7) is 3.32. The summed E-state index contributed by atoms with van der Waals surface area (Å²) in [6.07, 6.45) is 2.45. The summed E-state index contributed by atoms with van der Waals surface area (Å²) in [6, 6.07) is 4.87. The second kappa shape index (κ2) is 6.16. The number of benzene rings is 1. The van der Waals surface area contributed by atoms with Gasteiger partial charge in [0.25, 0.3) is 0 Å². The lowest BCUT2D eigenvalue weighted by atomic mass is 10.0. The molecule has 2 unspecified atom stereocenters. The molecule has 1 aromatic rings. The van der Waals surface area contributed by atoms with E-state index < -0.39 is 0 Å². The third-order valence-corrected chi connectivity index (χ3v) is 3.14. The van der Waals surface area contributed by atoms with E-state index in [1.54, 1.807) is 0 Å². The molecule has 0 bridgehead atoms. The molecule has 2 rings (SSSR count). The summed E-state index contributed by atoms with van der Waals surface area (Å²) in [5.74, 6) is 0.300. The summed E-state index contributed by atoms with van der Waals surface area (Å²) in [5.41, 5.74) is 6.77. The largest absolute Gasteiger partial charge is 0.488 e. The molecule has 1 fully saturated rings. The highest BCUT2D eigenvalue weighted by Gasteiger charge is 2.17. The Morgan fingerprint density at radius 1 is 1.50 bits per heavy atom. The summed E-state index contributed by atoms with van der Waals surface area (Å²) in [4.78, 5) is 0. The monoisotopic (exact) mass is 253 g/mol. The first-order valence-corrected chi connectivity index (χ1v) is 6.47. The van der Waals surface area contributed by atoms with Crippen LogP contribution in [-0.2, 0) is 11.2 Å². The molecule has 100 valence electrons. The van der Waals surface area contributed by atoms with Crippen molar-refractivity contribution in [1.29, 1.82) is 0 Å². The number of rotatable bonds is 5. The van der Waals surface area contributed by atoms with Gasteiger partial charge in [0.15, 0.2) is 0 Å². The molecule has 1 heterocycles. The third kappa shape index (κ3) is 3.68. The fourth-order valence-electron chi connectivity index (χ4n) is 2.05. The van der Waals surface area contributed by atoms with Crippen LogP contribution >= 0.6 is 0 Å². The molecule has 1 saturated heterocycles. The summed E-state index contributed by atoms with van der Waals surface area (Å²) >= 11 is 0. The molecular weight excluding hydrogens is 233 g/mol. The van der Waals surface area contributed by atoms with Crippen molar-refractivity contribution in [1.82, 2.24) is 0 Å². The van der Waals surface area contributed by atoms with Gasteiger partial charge in [-0.1, -0.05) is 6.92 Å². The van der Waals surface area contributed by atoms with Crippen molar-refractivity contribution in [2.75, 3.05) is 13.2 Å². The van der Waals surface area contributed by atoms with E-state index in [0.29, 0.717) is 25.4 Å². The molecule has 1 aliphatic rings. The summed E-state index contributed by atoms with van der Waals surface area (Å²) in [7, 11) is 0. The van der Waals surface area contributed by atoms with E-state index in [1.807, 2.05) is 13.0 Å². The SMILES string of the molecule is CCC(N)Cc1cc(F)cc(OC2CCOC2)c1. The highest BCUT2D eigenvalue weighted by Crippen LogP contribution is 2.21. The lowest BCUT2D eigenvalue weighted by molar-refractivity contribution is 0.141. The van der Waals surface area contributed by atoms with Gasteiger partial charge in [-0.3, -0.25) is 0 Å². The van der Waals surface area contributed by atoms with Gasteiger partial charge in [0.1, 0.15) is 17.7 Å². The van der Waals surface area contributed by atoms with Gasteiger partial charge in [0.2, 0.25) is 0 Å². The Balaban J connectivity index is 2.05. The quantitative estimate of drug-likeness (QED) is 0.875. The molecule has 0 aromatic heterocycles. The minimum absolute atomic E-state index is 0.0412. The second-order valence-electron chi connectivity index (χ2n) is 4.77. The van der Waals surface area contributed by atoms with Gasteiger partial charge in [0.05, 0.1) is 13.2 Å². The Hall–Kier alpha value is -1.13. The molecule has 0 saturated carbocycles. The molecule has 0 spiro atoms. The predicted molar refractivity (Wildman–Crippen MR) is 68.2 cm³/mol. The molecule has 3 nitrogen and oxygen atoms in total. The highest BCUT2D eigenvalue weighted by atomic mass is 19.1. The normalized spacial score (nSPS) is 20.9. The van der Waals surface area contributed by atoms with Crippen molar-refractivity contribution in [3.63, 3.8) is 0 Å². The number of hydrogen-bond acceptors (Lipinski definition) is 3. The molecule has 0 radical (unpaired) electrons. The zero-order valence-corrected chi connectivity index (χ0v) is 10.7. The van der Waals surface area contributed by atoms with Crippen molar-refractivity contribution in [3.05, 3.63) is 29.6 Å². The zero-order chi connectivity index (χ0) is 13.0. The lowest BCUT2D eigenvalue weighted by Gasteiger charge is -2.14. The zero-order valence-electron chi connectivity index (χ0n) is 10.7. The fourth-order valence-corrected chi connectivity index (χ4v) is 2.05. The van der Waals surface area contributed by atoms with Crippen molar-refractivity contribution in [2.24, 2.45) is 5.73 Å². The van der Waals surface area contributed by atoms with Crippen LogP contribution in [0.3, 0.4) is 0 Å². The average Bonchev–Trinajstić information content (AvgIpc) is 2.80. The second-order valence-corrected chi connectivity index (χ2v) is 4.77. The van der Waals surface area contributed by atoms with Crippen LogP contribution in [0.25, 0.3) is 0 Å². The van der Waals surface area contributed by atoms with Gasteiger partial charge in [-0.2, -0.15) is 0 Å². The number of ether oxygens (including phenoxy) is 2. The van der Waals surface area contributed by atoms with E-state index in [1.165, 1.54) is 12.1 Å². The van der Waals surface area contributed by atoms with Crippen LogP contribution in [0, 0.1) is 5.82 Å². The van der Waals surface area contributed by atoms with Crippen LogP contribution in [0.1, 0.15) is 25.3 Å². The topological polar surface area (TPSA) is 44.5 Å². The van der Waals surface area contributed by atoms with Gasteiger partial charge in [-0.25, -0.2) is 4.39 Å². The molecule has 2 atom stereocenters. The smallest absolute Gasteiger partial charge is 0.127 e. The van der Waals surface area contributed by atoms with Crippen LogP contribution in [0.4, 0.5) is 4.39 Å². The number of hydrogen-bond donors (Lipinski definition) is 1. The van der Waals surface area contributed by atoms with E-state index in [4.69, 9.17) is 15.2 Å². The first-order valence-electron chi connectivity index (χ1n) is 6.47. The van der Waals surface area contributed by atoms with Crippen LogP contribution < -0.4 is 10.5 Å². The number of halogens is 1. The van der Waals surface area contributed by atoms with E-state index in [-0.39, 0.29) is 18.0 Å². The van der Waals surface area contributed by atoms with Crippen molar-refractivity contribution in [3.8, 4) is 5.75 Å². The van der Waals surface area contributed by atoms with Gasteiger partial charge in [-0.05, 0) is 30.5 Å². The van der Waals surface area contributed by atoms with Gasteiger partial charge in [-0.15, -0.1) is 0 Å². The minimum atomic E-state index is -0.273. The Bertz CT molecular complexity index is 391. The van der Waals surface area contributed by atoms with Gasteiger partial charge < -0.3 is 15.2 Å². The molecule has 2 N–H and O–H groups in total. The lowest BCUT2D eigenvalue weighted by Crippen LogP contribution is -2.21. The van der Waals surface area contributed by atoms with Crippen LogP contribution in [0.2, 0.25) is 0 Å². The maximum absolute atomic E-state index is 13.5. The van der Waals surface area contributed by atoms with Gasteiger partial charge >= 0.3 is 0 Å².